The summed E-state index contributed by atoms with van der Waals surface area (Å²) in [7, 11) is 0. The lowest BCUT2D eigenvalue weighted by Crippen LogP contribution is -2.20. The normalized spacial score (nSPS) is 10.2. The van der Waals surface area contributed by atoms with Crippen LogP contribution in [-0.4, -0.2) is 11.9 Å². The average Bonchev–Trinajstić information content (AvgIpc) is 3.04. The van der Waals surface area contributed by atoms with Crippen molar-refractivity contribution in [2.75, 3.05) is 10.6 Å². The Morgan fingerprint density at radius 1 is 0.680 bits per heavy atom. The fraction of sp³-hybridized carbons (Fsp3) is 0. The second-order valence-corrected chi connectivity index (χ2v) is 5.33. The number of furan rings is 1. The van der Waals surface area contributed by atoms with Crippen LogP contribution in [0.2, 0.25) is 0 Å². The van der Waals surface area contributed by atoms with Gasteiger partial charge in [0.25, 0.3) is 0 Å². The van der Waals surface area contributed by atoms with Gasteiger partial charge in [-0.2, -0.15) is 0 Å². The first kappa shape index (κ1) is 16.1. The zero-order valence-corrected chi connectivity index (χ0v) is 13.3. The van der Waals surface area contributed by atoms with Crippen molar-refractivity contribution in [3.05, 3.63) is 60.7 Å². The molecule has 3 rings (SSSR count). The van der Waals surface area contributed by atoms with Crippen LogP contribution in [0.3, 0.4) is 0 Å². The van der Waals surface area contributed by atoms with Gasteiger partial charge in [0.15, 0.2) is 11.9 Å². The maximum atomic E-state index is 7.42. The Bertz CT molecular complexity index is 857. The van der Waals surface area contributed by atoms with Crippen molar-refractivity contribution in [1.29, 1.82) is 10.8 Å². The molecule has 3 aromatic rings. The maximum Gasteiger partial charge on any atom is 0.190 e. The van der Waals surface area contributed by atoms with Crippen LogP contribution in [0.5, 0.6) is 0 Å². The highest BCUT2D eigenvalue weighted by molar-refractivity contribution is 5.95. The molecule has 0 aliphatic heterocycles. The molecule has 0 unspecified atom stereocenters. The van der Waals surface area contributed by atoms with Crippen LogP contribution in [0.4, 0.5) is 11.4 Å². The summed E-state index contributed by atoms with van der Waals surface area (Å²) in [6, 6.07) is 18.6. The first-order valence-corrected chi connectivity index (χ1v) is 7.55. The van der Waals surface area contributed by atoms with Gasteiger partial charge in [-0.05, 0) is 36.4 Å². The lowest BCUT2D eigenvalue weighted by molar-refractivity contribution is 0.598. The Labute approximate surface area is 144 Å². The van der Waals surface area contributed by atoms with E-state index in [0.717, 1.165) is 11.1 Å². The van der Waals surface area contributed by atoms with E-state index in [0.29, 0.717) is 22.9 Å². The molecular formula is C18H18N6O. The number of para-hydroxylation sites is 2. The number of benzene rings is 2. The van der Waals surface area contributed by atoms with E-state index in [4.69, 9.17) is 26.7 Å². The van der Waals surface area contributed by atoms with Crippen LogP contribution in [0.15, 0.2) is 65.1 Å². The highest BCUT2D eigenvalue weighted by Gasteiger charge is 2.13. The van der Waals surface area contributed by atoms with E-state index in [2.05, 4.69) is 10.6 Å². The molecular weight excluding hydrogens is 316 g/mol. The number of hydrogen-bond donors (Lipinski definition) is 6. The van der Waals surface area contributed by atoms with Crippen LogP contribution in [0, 0.1) is 10.8 Å². The molecule has 7 heteroatoms. The number of hydrogen-bond acceptors (Lipinski definition) is 3. The van der Waals surface area contributed by atoms with Crippen LogP contribution in [-0.2, 0) is 0 Å². The van der Waals surface area contributed by atoms with Gasteiger partial charge >= 0.3 is 0 Å². The molecule has 0 fully saturated rings. The summed E-state index contributed by atoms with van der Waals surface area (Å²) in [5.74, 6) is 0.986. The standard InChI is InChI=1S/C18H18N6O/c19-17(20)23-13-7-3-1-5-11(13)15-9-10-16(25-15)12-6-2-4-8-14(12)24-18(21)22/h1-10H,(H4,19,20,23)(H4,21,22,24). The molecule has 0 aliphatic rings. The Balaban J connectivity index is 2.00. The molecule has 0 saturated heterocycles. The molecule has 7 nitrogen and oxygen atoms in total. The summed E-state index contributed by atoms with van der Waals surface area (Å²) >= 11 is 0. The molecule has 8 N–H and O–H groups in total. The van der Waals surface area contributed by atoms with E-state index in [1.165, 1.54) is 0 Å². The Kier molecular flexibility index (Phi) is 4.38. The van der Waals surface area contributed by atoms with Crippen molar-refractivity contribution in [3.63, 3.8) is 0 Å². The van der Waals surface area contributed by atoms with Crippen LogP contribution >= 0.6 is 0 Å². The second-order valence-electron chi connectivity index (χ2n) is 5.33. The summed E-state index contributed by atoms with van der Waals surface area (Å²) in [5.41, 5.74) is 13.8. The van der Waals surface area contributed by atoms with Crippen molar-refractivity contribution >= 4 is 23.3 Å². The SMILES string of the molecule is N=C(N)Nc1ccccc1-c1ccc(-c2ccccc2NC(=N)N)o1. The highest BCUT2D eigenvalue weighted by atomic mass is 16.3. The molecule has 2 aromatic carbocycles. The zero-order chi connectivity index (χ0) is 17.8. The minimum Gasteiger partial charge on any atom is -0.456 e. The van der Waals surface area contributed by atoms with Crippen molar-refractivity contribution < 1.29 is 4.42 Å². The minimum absolute atomic E-state index is 0.143. The van der Waals surface area contributed by atoms with Crippen LogP contribution < -0.4 is 22.1 Å². The number of guanidine groups is 2. The largest absolute Gasteiger partial charge is 0.456 e. The predicted octanol–water partition coefficient (Wildman–Crippen LogP) is 3.22. The van der Waals surface area contributed by atoms with Crippen molar-refractivity contribution in [2.45, 2.75) is 0 Å². The Morgan fingerprint density at radius 2 is 1.08 bits per heavy atom. The first-order valence-electron chi connectivity index (χ1n) is 7.55. The van der Waals surface area contributed by atoms with Crippen LogP contribution in [0.1, 0.15) is 0 Å². The van der Waals surface area contributed by atoms with E-state index < -0.39 is 0 Å². The summed E-state index contributed by atoms with van der Waals surface area (Å²) in [5, 5.41) is 20.4. The number of rotatable bonds is 4. The average molecular weight is 334 g/mol. The van der Waals surface area contributed by atoms with Gasteiger partial charge in [0.05, 0.1) is 11.4 Å². The fourth-order valence-corrected chi connectivity index (χ4v) is 2.53. The molecule has 1 aromatic heterocycles. The van der Waals surface area contributed by atoms with Gasteiger partial charge in [-0.3, -0.25) is 10.8 Å². The van der Waals surface area contributed by atoms with Gasteiger partial charge in [0.2, 0.25) is 0 Å². The van der Waals surface area contributed by atoms with Gasteiger partial charge in [-0.25, -0.2) is 0 Å². The van der Waals surface area contributed by atoms with Crippen molar-refractivity contribution in [1.82, 2.24) is 0 Å². The summed E-state index contributed by atoms with van der Waals surface area (Å²) < 4.78 is 6.00. The van der Waals surface area contributed by atoms with Crippen molar-refractivity contribution in [2.24, 2.45) is 11.5 Å². The van der Waals surface area contributed by atoms with Gasteiger partial charge in [-0.15, -0.1) is 0 Å². The van der Waals surface area contributed by atoms with E-state index in [1.807, 2.05) is 60.7 Å². The Morgan fingerprint density at radius 3 is 1.48 bits per heavy atom. The highest BCUT2D eigenvalue weighted by Crippen LogP contribution is 2.35. The number of nitrogens with one attached hydrogen (secondary N) is 4. The summed E-state index contributed by atoms with van der Waals surface area (Å²) in [4.78, 5) is 0. The quantitative estimate of drug-likeness (QED) is 0.321. The maximum absolute atomic E-state index is 7.42. The lowest BCUT2D eigenvalue weighted by Gasteiger charge is -2.10. The number of nitrogens with two attached hydrogens (primary N) is 2. The molecule has 0 radical (unpaired) electrons. The summed E-state index contributed by atoms with van der Waals surface area (Å²) in [6.07, 6.45) is 0. The lowest BCUT2D eigenvalue weighted by atomic mass is 10.1. The Hall–Kier alpha value is -3.74. The first-order chi connectivity index (χ1) is 12.0. The van der Waals surface area contributed by atoms with Gasteiger partial charge in [0, 0.05) is 11.1 Å². The van der Waals surface area contributed by atoms with Crippen LogP contribution in [0.25, 0.3) is 22.6 Å². The van der Waals surface area contributed by atoms with Crippen molar-refractivity contribution in [3.8, 4) is 22.6 Å². The molecule has 0 saturated carbocycles. The van der Waals surface area contributed by atoms with E-state index in [9.17, 15) is 0 Å². The molecule has 126 valence electrons. The monoisotopic (exact) mass is 334 g/mol. The molecule has 0 amide bonds. The van der Waals surface area contributed by atoms with Gasteiger partial charge < -0.3 is 26.5 Å². The second kappa shape index (κ2) is 6.79. The molecule has 1 heterocycles. The molecule has 0 bridgehead atoms. The zero-order valence-electron chi connectivity index (χ0n) is 13.3. The summed E-state index contributed by atoms with van der Waals surface area (Å²) in [6.45, 7) is 0. The van der Waals surface area contributed by atoms with Gasteiger partial charge in [0.1, 0.15) is 11.5 Å². The van der Waals surface area contributed by atoms with Gasteiger partial charge in [-0.1, -0.05) is 24.3 Å². The molecule has 0 aliphatic carbocycles. The minimum atomic E-state index is -0.143. The topological polar surface area (TPSA) is 137 Å². The third kappa shape index (κ3) is 3.61. The van der Waals surface area contributed by atoms with E-state index in [-0.39, 0.29) is 11.9 Å². The third-order valence-electron chi connectivity index (χ3n) is 3.53. The molecule has 0 spiro atoms. The van der Waals surface area contributed by atoms with E-state index in [1.54, 1.807) is 0 Å². The molecule has 25 heavy (non-hydrogen) atoms. The predicted molar refractivity (Wildman–Crippen MR) is 101 cm³/mol. The number of anilines is 2. The molecule has 0 atom stereocenters. The smallest absolute Gasteiger partial charge is 0.190 e. The third-order valence-corrected chi connectivity index (χ3v) is 3.53. The fourth-order valence-electron chi connectivity index (χ4n) is 2.53. The van der Waals surface area contributed by atoms with E-state index >= 15 is 0 Å².